The van der Waals surface area contributed by atoms with Crippen LogP contribution in [0.2, 0.25) is 0 Å². The first-order chi connectivity index (χ1) is 17.6. The number of carbonyl (C=O) groups is 4. The van der Waals surface area contributed by atoms with Crippen molar-refractivity contribution < 1.29 is 19.2 Å². The number of rotatable bonds is 12. The zero-order chi connectivity index (χ0) is 27.8. The van der Waals surface area contributed by atoms with E-state index >= 15 is 0 Å². The molecule has 0 aromatic rings. The monoisotopic (exact) mass is 514 g/mol. The van der Waals surface area contributed by atoms with Crippen molar-refractivity contribution in [3.8, 4) is 0 Å². The maximum absolute atomic E-state index is 12.9. The van der Waals surface area contributed by atoms with Crippen LogP contribution in [0.4, 0.5) is 0 Å². The topological polar surface area (TPSA) is 68.3 Å². The SMILES string of the molecule is CCC.CCCC(CC1CC/C(CC(=O)C2CCCC2)=C\C=C(\C)CC(=O)C1)C(CC)C(=O)CC(C)=O. The molecule has 0 radical (unpaired) electrons. The molecule has 0 aromatic carbocycles. The Labute approximate surface area is 227 Å². The molecule has 3 unspecified atom stereocenters. The first kappa shape index (κ1) is 33.2. The van der Waals surface area contributed by atoms with Gasteiger partial charge in [-0.1, -0.05) is 83.1 Å². The lowest BCUT2D eigenvalue weighted by Gasteiger charge is -2.29. The second-order valence-electron chi connectivity index (χ2n) is 11.6. The van der Waals surface area contributed by atoms with Gasteiger partial charge in [0.15, 0.2) is 0 Å². The molecule has 4 nitrogen and oxygen atoms in total. The maximum Gasteiger partial charge on any atom is 0.143 e. The summed E-state index contributed by atoms with van der Waals surface area (Å²) in [5.41, 5.74) is 2.23. The van der Waals surface area contributed by atoms with E-state index in [-0.39, 0.29) is 47.4 Å². The normalized spacial score (nSPS) is 23.5. The molecule has 0 saturated heterocycles. The predicted octanol–water partition coefficient (Wildman–Crippen LogP) is 8.56. The Morgan fingerprint density at radius 1 is 1.00 bits per heavy atom. The summed E-state index contributed by atoms with van der Waals surface area (Å²) in [6.45, 7) is 11.9. The van der Waals surface area contributed by atoms with Crippen molar-refractivity contribution >= 4 is 23.1 Å². The Bertz CT molecular complexity index is 797. The molecule has 0 amide bonds. The van der Waals surface area contributed by atoms with Gasteiger partial charge in [-0.25, -0.2) is 0 Å². The zero-order valence-electron chi connectivity index (χ0n) is 24.7. The van der Waals surface area contributed by atoms with E-state index in [9.17, 15) is 19.2 Å². The fourth-order valence-electron chi connectivity index (χ4n) is 6.05. The van der Waals surface area contributed by atoms with Crippen LogP contribution in [-0.4, -0.2) is 23.1 Å². The quantitative estimate of drug-likeness (QED) is 0.245. The lowest BCUT2D eigenvalue weighted by atomic mass is 9.74. The van der Waals surface area contributed by atoms with E-state index < -0.39 is 0 Å². The third-order valence-corrected chi connectivity index (χ3v) is 7.82. The molecule has 0 N–H and O–H groups in total. The van der Waals surface area contributed by atoms with Crippen LogP contribution in [0.5, 0.6) is 0 Å². The van der Waals surface area contributed by atoms with Crippen LogP contribution >= 0.6 is 0 Å². The standard InChI is InChI=1S/C30H46O4.C3H8/c1-5-9-26(28(6-2)30(34)17-22(4)31)18-24-15-14-23(13-12-21(3)16-27(32)19-24)20-29(33)25-10-7-8-11-25;1-3-2/h12-13,24-26,28H,5-11,14-20H2,1-4H3;3H2,1-2H3/b21-12-,23-13+;. The number of carbonyl (C=O) groups excluding carboxylic acids is 4. The van der Waals surface area contributed by atoms with Gasteiger partial charge in [-0.2, -0.15) is 0 Å². The molecule has 0 spiro atoms. The van der Waals surface area contributed by atoms with Crippen LogP contribution in [0, 0.1) is 23.7 Å². The highest BCUT2D eigenvalue weighted by molar-refractivity contribution is 5.99. The van der Waals surface area contributed by atoms with E-state index in [1.807, 2.05) is 19.9 Å². The van der Waals surface area contributed by atoms with Crippen molar-refractivity contribution in [1.29, 1.82) is 0 Å². The molecule has 0 aromatic heterocycles. The van der Waals surface area contributed by atoms with Gasteiger partial charge >= 0.3 is 0 Å². The number of allylic oxidation sites excluding steroid dienone is 4. The van der Waals surface area contributed by atoms with Crippen molar-refractivity contribution in [2.75, 3.05) is 0 Å². The molecule has 2 aliphatic rings. The molecule has 210 valence electrons. The van der Waals surface area contributed by atoms with Crippen molar-refractivity contribution in [2.24, 2.45) is 23.7 Å². The molecule has 4 heteroatoms. The van der Waals surface area contributed by atoms with Gasteiger partial charge in [-0.3, -0.25) is 19.2 Å². The van der Waals surface area contributed by atoms with E-state index in [0.717, 1.165) is 56.9 Å². The second kappa shape index (κ2) is 18.4. The molecule has 37 heavy (non-hydrogen) atoms. The first-order valence-electron chi connectivity index (χ1n) is 15.1. The summed E-state index contributed by atoms with van der Waals surface area (Å²) in [4.78, 5) is 50.1. The molecule has 0 aliphatic heterocycles. The molecular weight excluding hydrogens is 460 g/mol. The molecular formula is C33H54O4. The van der Waals surface area contributed by atoms with Gasteiger partial charge in [-0.05, 0) is 64.2 Å². The maximum atomic E-state index is 12.9. The second-order valence-corrected chi connectivity index (χ2v) is 11.6. The zero-order valence-corrected chi connectivity index (χ0v) is 24.7. The van der Waals surface area contributed by atoms with Gasteiger partial charge in [0, 0.05) is 31.1 Å². The van der Waals surface area contributed by atoms with Crippen molar-refractivity contribution in [3.05, 3.63) is 23.3 Å². The third-order valence-electron chi connectivity index (χ3n) is 7.82. The third kappa shape index (κ3) is 13.0. The Balaban J connectivity index is 0.00000217. The summed E-state index contributed by atoms with van der Waals surface area (Å²) >= 11 is 0. The van der Waals surface area contributed by atoms with Crippen molar-refractivity contribution in [3.63, 3.8) is 0 Å². The lowest BCUT2D eigenvalue weighted by Crippen LogP contribution is -2.27. The van der Waals surface area contributed by atoms with Crippen molar-refractivity contribution in [1.82, 2.24) is 0 Å². The van der Waals surface area contributed by atoms with E-state index in [1.54, 1.807) is 0 Å². The molecule has 0 heterocycles. The lowest BCUT2D eigenvalue weighted by molar-refractivity contribution is -0.130. The average molecular weight is 515 g/mol. The van der Waals surface area contributed by atoms with Crippen LogP contribution in [0.25, 0.3) is 0 Å². The largest absolute Gasteiger partial charge is 0.300 e. The summed E-state index contributed by atoms with van der Waals surface area (Å²) in [5, 5.41) is 0. The molecule has 2 aliphatic carbocycles. The Morgan fingerprint density at radius 3 is 2.22 bits per heavy atom. The highest BCUT2D eigenvalue weighted by Crippen LogP contribution is 2.35. The van der Waals surface area contributed by atoms with Crippen LogP contribution in [0.1, 0.15) is 138 Å². The van der Waals surface area contributed by atoms with E-state index in [0.29, 0.717) is 25.0 Å². The predicted molar refractivity (Wildman–Crippen MR) is 153 cm³/mol. The van der Waals surface area contributed by atoms with Gasteiger partial charge in [0.2, 0.25) is 0 Å². The van der Waals surface area contributed by atoms with Gasteiger partial charge in [0.25, 0.3) is 0 Å². The number of hydrogen-bond donors (Lipinski definition) is 0. The minimum Gasteiger partial charge on any atom is -0.300 e. The Morgan fingerprint density at radius 2 is 1.65 bits per heavy atom. The number of hydrogen-bond acceptors (Lipinski definition) is 4. The summed E-state index contributed by atoms with van der Waals surface area (Å²) in [6, 6.07) is 0. The van der Waals surface area contributed by atoms with Gasteiger partial charge in [0.05, 0.1) is 6.42 Å². The van der Waals surface area contributed by atoms with Crippen LogP contribution < -0.4 is 0 Å². The summed E-state index contributed by atoms with van der Waals surface area (Å²) < 4.78 is 0. The van der Waals surface area contributed by atoms with Gasteiger partial charge < -0.3 is 0 Å². The fraction of sp³-hybridized carbons (Fsp3) is 0.758. The molecule has 2 rings (SSSR count). The Hall–Kier alpha value is -1.84. The van der Waals surface area contributed by atoms with E-state index in [2.05, 4.69) is 26.8 Å². The highest BCUT2D eigenvalue weighted by Gasteiger charge is 2.30. The molecule has 1 saturated carbocycles. The smallest absolute Gasteiger partial charge is 0.143 e. The summed E-state index contributed by atoms with van der Waals surface area (Å²) in [5.74, 6) is 1.14. The minimum atomic E-state index is -0.116. The van der Waals surface area contributed by atoms with Gasteiger partial charge in [0.1, 0.15) is 23.1 Å². The average Bonchev–Trinajstić information content (AvgIpc) is 3.36. The minimum absolute atomic E-state index is 0.0163. The van der Waals surface area contributed by atoms with Gasteiger partial charge in [-0.15, -0.1) is 0 Å². The van der Waals surface area contributed by atoms with Crippen molar-refractivity contribution in [2.45, 2.75) is 138 Å². The fourth-order valence-corrected chi connectivity index (χ4v) is 6.05. The Kier molecular flexibility index (Phi) is 16.5. The van der Waals surface area contributed by atoms with Crippen LogP contribution in [0.15, 0.2) is 23.3 Å². The molecule has 0 bridgehead atoms. The molecule has 1 fully saturated rings. The van der Waals surface area contributed by atoms with Crippen LogP contribution in [0.3, 0.4) is 0 Å². The van der Waals surface area contributed by atoms with E-state index in [1.165, 1.54) is 31.8 Å². The summed E-state index contributed by atoms with van der Waals surface area (Å²) in [6.07, 6.45) is 16.5. The number of Topliss-reactive ketones (excluding diaryl/α,β-unsaturated/α-hetero) is 4. The first-order valence-corrected chi connectivity index (χ1v) is 15.1. The van der Waals surface area contributed by atoms with E-state index in [4.69, 9.17) is 0 Å². The summed E-state index contributed by atoms with van der Waals surface area (Å²) in [7, 11) is 0. The molecule has 3 atom stereocenters. The highest BCUT2D eigenvalue weighted by atomic mass is 16.1. The number of ketones is 4. The van der Waals surface area contributed by atoms with Crippen LogP contribution in [-0.2, 0) is 19.2 Å².